The summed E-state index contributed by atoms with van der Waals surface area (Å²) in [6.07, 6.45) is -4.81. The highest BCUT2D eigenvalue weighted by Gasteiger charge is 2.36. The van der Waals surface area contributed by atoms with Crippen molar-refractivity contribution < 1.29 is 27.6 Å². The smallest absolute Gasteiger partial charge is 0.433 e. The largest absolute Gasteiger partial charge is 0.457 e. The number of carbonyl (C=O) groups excluding carboxylic acids is 1. The number of aromatic nitrogens is 4. The predicted octanol–water partition coefficient (Wildman–Crippen LogP) is 7.26. The predicted molar refractivity (Wildman–Crippen MR) is 145 cm³/mol. The number of fused-ring (bicyclic) bond motifs is 1. The minimum atomic E-state index is -4.81. The minimum absolute atomic E-state index is 0.0245. The van der Waals surface area contributed by atoms with Crippen molar-refractivity contribution in [2.75, 3.05) is 5.32 Å². The number of rotatable bonds is 7. The molecule has 1 amide bonds. The molecule has 5 rings (SSSR count). The Morgan fingerprint density at radius 1 is 1.10 bits per heavy atom. The second-order valence-electron chi connectivity index (χ2n) is 9.41. The molecule has 0 spiro atoms. The van der Waals surface area contributed by atoms with Gasteiger partial charge in [-0.2, -0.15) is 22.7 Å². The van der Waals surface area contributed by atoms with Crippen LogP contribution in [0.25, 0.3) is 16.3 Å². The first-order chi connectivity index (χ1) is 19.4. The van der Waals surface area contributed by atoms with Crippen LogP contribution in [-0.4, -0.2) is 30.4 Å². The van der Waals surface area contributed by atoms with E-state index in [1.807, 2.05) is 32.9 Å². The lowest BCUT2D eigenvalue weighted by Crippen LogP contribution is -2.16. The average Bonchev–Trinajstić information content (AvgIpc) is 3.57. The van der Waals surface area contributed by atoms with Crippen molar-refractivity contribution >= 4 is 34.4 Å². The molecule has 0 aliphatic carbocycles. The van der Waals surface area contributed by atoms with Crippen LogP contribution in [0.5, 0.6) is 11.5 Å². The van der Waals surface area contributed by atoms with Crippen LogP contribution >= 0.6 is 11.3 Å². The van der Waals surface area contributed by atoms with Crippen LogP contribution in [0.4, 0.5) is 24.5 Å². The van der Waals surface area contributed by atoms with Crippen molar-refractivity contribution in [3.8, 4) is 22.1 Å². The molecule has 0 aliphatic heterocycles. The fourth-order valence-electron chi connectivity index (χ4n) is 4.03. The van der Waals surface area contributed by atoms with E-state index >= 15 is 0 Å². The molecule has 3 heterocycles. The number of ether oxygens (including phenoxy) is 1. The van der Waals surface area contributed by atoms with Crippen LogP contribution in [0.15, 0.2) is 60.0 Å². The lowest BCUT2D eigenvalue weighted by molar-refractivity contribution is -0.384. The van der Waals surface area contributed by atoms with Crippen molar-refractivity contribution in [2.45, 2.75) is 32.9 Å². The van der Waals surface area contributed by atoms with Gasteiger partial charge in [0.05, 0.1) is 27.2 Å². The topological polar surface area (TPSA) is 125 Å². The zero-order chi connectivity index (χ0) is 29.5. The Bertz CT molecular complexity index is 1780. The molecule has 41 heavy (non-hydrogen) atoms. The van der Waals surface area contributed by atoms with Gasteiger partial charge in [0.25, 0.3) is 17.4 Å². The number of benzene rings is 2. The first-order valence-electron chi connectivity index (χ1n) is 12.2. The summed E-state index contributed by atoms with van der Waals surface area (Å²) in [5.41, 5.74) is 0.374. The van der Waals surface area contributed by atoms with Gasteiger partial charge in [0.1, 0.15) is 11.5 Å². The molecule has 0 saturated carbocycles. The van der Waals surface area contributed by atoms with Gasteiger partial charge in [-0.15, -0.1) is 16.4 Å². The Morgan fingerprint density at radius 3 is 2.51 bits per heavy atom. The van der Waals surface area contributed by atoms with E-state index in [0.717, 1.165) is 23.3 Å². The van der Waals surface area contributed by atoms with Crippen LogP contribution in [0, 0.1) is 17.0 Å². The molecule has 0 fully saturated rings. The van der Waals surface area contributed by atoms with Crippen LogP contribution < -0.4 is 10.1 Å². The molecule has 0 atom stereocenters. The Kier molecular flexibility index (Phi) is 7.17. The van der Waals surface area contributed by atoms with Gasteiger partial charge >= 0.3 is 6.18 Å². The molecule has 210 valence electrons. The third-order valence-electron chi connectivity index (χ3n) is 5.91. The number of alkyl halides is 3. The number of nitrogens with zero attached hydrogens (tertiary/aromatic N) is 5. The number of hydrogen-bond acceptors (Lipinski definition) is 8. The van der Waals surface area contributed by atoms with E-state index < -0.39 is 34.3 Å². The summed E-state index contributed by atoms with van der Waals surface area (Å²) in [5, 5.41) is 19.4. The number of nitrogens with one attached hydrogen (secondary N) is 1. The molecule has 3 aromatic heterocycles. The van der Waals surface area contributed by atoms with Gasteiger partial charge in [-0.3, -0.25) is 14.9 Å². The van der Waals surface area contributed by atoms with Gasteiger partial charge in [-0.05, 0) is 53.6 Å². The molecular weight excluding hydrogens is 561 g/mol. The monoisotopic (exact) mass is 582 g/mol. The molecule has 0 radical (unpaired) electrons. The first-order valence-corrected chi connectivity index (χ1v) is 13.0. The zero-order valence-corrected chi connectivity index (χ0v) is 22.6. The Morgan fingerprint density at radius 2 is 1.85 bits per heavy atom. The number of thiophene rings is 1. The number of hydrogen-bond donors (Lipinski definition) is 1. The Hall–Kier alpha value is -4.85. The number of non-ortho nitro benzene ring substituents is 1. The quantitative estimate of drug-likeness (QED) is 0.158. The normalized spacial score (nSPS) is 11.7. The van der Waals surface area contributed by atoms with E-state index in [2.05, 4.69) is 20.4 Å². The van der Waals surface area contributed by atoms with E-state index in [4.69, 9.17) is 4.74 Å². The maximum absolute atomic E-state index is 13.8. The first kappa shape index (κ1) is 27.7. The van der Waals surface area contributed by atoms with Crippen molar-refractivity contribution in [3.63, 3.8) is 0 Å². The maximum Gasteiger partial charge on any atom is 0.433 e. The van der Waals surface area contributed by atoms with Crippen molar-refractivity contribution in [1.29, 1.82) is 0 Å². The lowest BCUT2D eigenvalue weighted by Gasteiger charge is -2.12. The zero-order valence-electron chi connectivity index (χ0n) is 21.8. The van der Waals surface area contributed by atoms with Crippen molar-refractivity contribution in [3.05, 3.63) is 92.7 Å². The summed E-state index contributed by atoms with van der Waals surface area (Å²) < 4.78 is 47.9. The van der Waals surface area contributed by atoms with Gasteiger partial charge in [0.2, 0.25) is 5.82 Å². The SMILES string of the molecule is Cc1cc(Oc2cc(NC(=O)c3nc4nc(-c5cccs5)cc(C(F)(F)F)n4n3)cc([N+](=O)[O-])c2)cc(C(C)C)c1. The van der Waals surface area contributed by atoms with Gasteiger partial charge in [-0.25, -0.2) is 4.98 Å². The molecule has 5 aromatic rings. The number of halogens is 3. The van der Waals surface area contributed by atoms with E-state index in [9.17, 15) is 28.1 Å². The Labute approximate surface area is 234 Å². The van der Waals surface area contributed by atoms with Crippen LogP contribution in [-0.2, 0) is 6.18 Å². The van der Waals surface area contributed by atoms with Gasteiger partial charge < -0.3 is 10.1 Å². The van der Waals surface area contributed by atoms with Crippen molar-refractivity contribution in [2.24, 2.45) is 0 Å². The number of anilines is 1. The molecule has 10 nitrogen and oxygen atoms in total. The fourth-order valence-corrected chi connectivity index (χ4v) is 4.72. The number of nitro groups is 1. The van der Waals surface area contributed by atoms with E-state index in [0.29, 0.717) is 15.1 Å². The third-order valence-corrected chi connectivity index (χ3v) is 6.81. The fraction of sp³-hybridized carbons (Fsp3) is 0.185. The van der Waals surface area contributed by atoms with Gasteiger partial charge in [0.15, 0.2) is 5.69 Å². The summed E-state index contributed by atoms with van der Waals surface area (Å²) in [6, 6.07) is 13.3. The minimum Gasteiger partial charge on any atom is -0.457 e. The maximum atomic E-state index is 13.8. The highest BCUT2D eigenvalue weighted by molar-refractivity contribution is 7.13. The number of nitro benzene ring substituents is 1. The molecule has 0 aliphatic rings. The lowest BCUT2D eigenvalue weighted by atomic mass is 10.0. The van der Waals surface area contributed by atoms with Crippen molar-refractivity contribution in [1.82, 2.24) is 19.6 Å². The van der Waals surface area contributed by atoms with E-state index in [1.54, 1.807) is 23.6 Å². The summed E-state index contributed by atoms with van der Waals surface area (Å²) >= 11 is 1.19. The molecule has 0 unspecified atom stereocenters. The highest BCUT2D eigenvalue weighted by Crippen LogP contribution is 2.34. The van der Waals surface area contributed by atoms with Crippen LogP contribution in [0.1, 0.15) is 47.2 Å². The molecule has 1 N–H and O–H groups in total. The van der Waals surface area contributed by atoms with Crippen LogP contribution in [0.3, 0.4) is 0 Å². The second kappa shape index (κ2) is 10.6. The number of aryl methyl sites for hydroxylation is 1. The molecular formula is C27H21F3N6O4S. The summed E-state index contributed by atoms with van der Waals surface area (Å²) in [5.74, 6) is -1.31. The van der Waals surface area contributed by atoms with Gasteiger partial charge in [0, 0.05) is 12.1 Å². The summed E-state index contributed by atoms with van der Waals surface area (Å²) in [4.78, 5) is 32.5. The Balaban J connectivity index is 1.48. The molecule has 0 saturated heterocycles. The molecule has 0 bridgehead atoms. The number of amides is 1. The molecule has 14 heteroatoms. The van der Waals surface area contributed by atoms with E-state index in [-0.39, 0.29) is 28.7 Å². The van der Waals surface area contributed by atoms with Gasteiger partial charge in [-0.1, -0.05) is 26.0 Å². The highest BCUT2D eigenvalue weighted by atomic mass is 32.1. The van der Waals surface area contributed by atoms with Crippen LogP contribution in [0.2, 0.25) is 0 Å². The second-order valence-corrected chi connectivity index (χ2v) is 10.4. The third kappa shape index (κ3) is 6.01. The summed E-state index contributed by atoms with van der Waals surface area (Å²) in [7, 11) is 0. The summed E-state index contributed by atoms with van der Waals surface area (Å²) in [6.45, 7) is 5.92. The number of carbonyl (C=O) groups is 1. The standard InChI is InChI=1S/C27H21F3N6O4S/c1-14(2)16-7-15(3)8-19(9-16)40-20-11-17(10-18(12-20)36(38)39)31-25(37)24-33-26-32-21(22-5-4-6-41-22)13-23(27(28,29)30)35(26)34-24/h4-14H,1-3H3,(H,31,37). The average molecular weight is 583 g/mol. The van der Waals surface area contributed by atoms with E-state index in [1.165, 1.54) is 23.5 Å². The molecule has 2 aromatic carbocycles.